The summed E-state index contributed by atoms with van der Waals surface area (Å²) in [5.41, 5.74) is 1.86. The number of nitrogens with zero attached hydrogens (tertiary/aromatic N) is 1. The molecule has 1 aliphatic heterocycles. The first kappa shape index (κ1) is 21.1. The first-order chi connectivity index (χ1) is 13.9. The minimum Gasteiger partial charge on any atom is -0.545 e. The molecular weight excluding hydrogens is 392 g/mol. The summed E-state index contributed by atoms with van der Waals surface area (Å²) in [5.74, 6) is -1.41. The number of carbonyl (C=O) groups excluding carboxylic acids is 1. The summed E-state index contributed by atoms with van der Waals surface area (Å²) >= 11 is 0. The van der Waals surface area contributed by atoms with Crippen LogP contribution in [0.25, 0.3) is 0 Å². The number of hydrogen-bond acceptors (Lipinski definition) is 6. The van der Waals surface area contributed by atoms with E-state index >= 15 is 0 Å². The van der Waals surface area contributed by atoms with E-state index in [1.54, 1.807) is 12.1 Å². The number of hydrogen-bond donors (Lipinski definition) is 1. The van der Waals surface area contributed by atoms with Gasteiger partial charge in [-0.2, -0.15) is 0 Å². The number of unbranched alkanes of at least 4 members (excludes halogenated alkanes) is 1. The lowest BCUT2D eigenvalue weighted by atomic mass is 10.1. The fraction of sp³-hybridized carbons (Fsp3) is 0.381. The summed E-state index contributed by atoms with van der Waals surface area (Å²) in [6.07, 6.45) is 3.11. The minimum atomic E-state index is -3.93. The summed E-state index contributed by atoms with van der Waals surface area (Å²) in [6.45, 7) is 4.17. The lowest BCUT2D eigenvalue weighted by Crippen LogP contribution is -2.38. The predicted octanol–water partition coefficient (Wildman–Crippen LogP) is 2.03. The number of morpholine rings is 1. The molecule has 1 heterocycles. The van der Waals surface area contributed by atoms with Crippen LogP contribution in [0.1, 0.15) is 35.7 Å². The highest BCUT2D eigenvalue weighted by Gasteiger charge is 2.20. The lowest BCUT2D eigenvalue weighted by Gasteiger charge is -2.31. The fourth-order valence-corrected chi connectivity index (χ4v) is 4.34. The largest absolute Gasteiger partial charge is 0.545 e. The van der Waals surface area contributed by atoms with Crippen LogP contribution in [-0.2, 0) is 21.2 Å². The van der Waals surface area contributed by atoms with Gasteiger partial charge in [-0.15, -0.1) is 0 Å². The number of ether oxygens (including phenoxy) is 1. The molecule has 1 aliphatic rings. The molecule has 0 aliphatic carbocycles. The molecule has 0 unspecified atom stereocenters. The van der Waals surface area contributed by atoms with E-state index < -0.39 is 16.0 Å². The van der Waals surface area contributed by atoms with E-state index in [4.69, 9.17) is 4.74 Å². The molecule has 0 amide bonds. The van der Waals surface area contributed by atoms with E-state index in [9.17, 15) is 18.3 Å². The Kier molecular flexibility index (Phi) is 6.76. The van der Waals surface area contributed by atoms with Crippen molar-refractivity contribution in [2.45, 2.75) is 31.1 Å². The molecule has 7 nitrogen and oxygen atoms in total. The second kappa shape index (κ2) is 9.28. The van der Waals surface area contributed by atoms with Crippen molar-refractivity contribution in [1.29, 1.82) is 0 Å². The molecule has 0 saturated carbocycles. The molecular formula is C21H25N2O5S-. The Morgan fingerprint density at radius 1 is 1.14 bits per heavy atom. The van der Waals surface area contributed by atoms with Crippen molar-refractivity contribution in [3.05, 3.63) is 53.6 Å². The Labute approximate surface area is 171 Å². The fourth-order valence-electron chi connectivity index (χ4n) is 3.26. The first-order valence-corrected chi connectivity index (χ1v) is 11.2. The molecule has 2 aromatic carbocycles. The Morgan fingerprint density at radius 3 is 2.45 bits per heavy atom. The zero-order valence-electron chi connectivity index (χ0n) is 16.4. The lowest BCUT2D eigenvalue weighted by molar-refractivity contribution is -0.255. The highest BCUT2D eigenvalue weighted by Crippen LogP contribution is 2.26. The molecule has 0 bridgehead atoms. The smallest absolute Gasteiger partial charge is 0.261 e. The topological polar surface area (TPSA) is 98.8 Å². The number of anilines is 2. The summed E-state index contributed by atoms with van der Waals surface area (Å²) in [6, 6.07) is 11.3. The summed E-state index contributed by atoms with van der Waals surface area (Å²) in [5, 5.41) is 11.6. The van der Waals surface area contributed by atoms with Gasteiger partial charge in [0.2, 0.25) is 0 Å². The van der Waals surface area contributed by atoms with Crippen LogP contribution in [0.4, 0.5) is 11.4 Å². The molecule has 0 atom stereocenters. The molecule has 156 valence electrons. The SMILES string of the molecule is CCCCc1ccc(NS(=O)(=O)c2ccc(N3CCOCC3)c(C(=O)[O-])c2)cc1. The maximum atomic E-state index is 12.8. The third-order valence-electron chi connectivity index (χ3n) is 4.88. The van der Waals surface area contributed by atoms with Gasteiger partial charge in [-0.05, 0) is 48.7 Å². The average molecular weight is 418 g/mol. The van der Waals surface area contributed by atoms with Crippen molar-refractivity contribution < 1.29 is 23.1 Å². The van der Waals surface area contributed by atoms with Gasteiger partial charge in [-0.1, -0.05) is 25.5 Å². The molecule has 8 heteroatoms. The van der Waals surface area contributed by atoms with Crippen LogP contribution in [0.15, 0.2) is 47.4 Å². The number of aromatic carboxylic acids is 1. The van der Waals surface area contributed by atoms with Crippen LogP contribution >= 0.6 is 0 Å². The van der Waals surface area contributed by atoms with E-state index in [0.29, 0.717) is 37.7 Å². The second-order valence-corrected chi connectivity index (χ2v) is 8.65. The van der Waals surface area contributed by atoms with Crippen LogP contribution in [0.2, 0.25) is 0 Å². The number of carboxylic acid groups (broad SMARTS) is 1. The van der Waals surface area contributed by atoms with Gasteiger partial charge in [0.1, 0.15) is 0 Å². The Morgan fingerprint density at radius 2 is 1.83 bits per heavy atom. The molecule has 0 radical (unpaired) electrons. The number of nitrogens with one attached hydrogen (secondary N) is 1. The van der Waals surface area contributed by atoms with E-state index in [1.165, 1.54) is 12.1 Å². The van der Waals surface area contributed by atoms with E-state index in [-0.39, 0.29) is 10.5 Å². The summed E-state index contributed by atoms with van der Waals surface area (Å²) < 4.78 is 33.3. The number of aryl methyl sites for hydroxylation is 1. The summed E-state index contributed by atoms with van der Waals surface area (Å²) in [4.78, 5) is 13.4. The predicted molar refractivity (Wildman–Crippen MR) is 110 cm³/mol. The third kappa shape index (κ3) is 5.27. The highest BCUT2D eigenvalue weighted by molar-refractivity contribution is 7.92. The van der Waals surface area contributed by atoms with E-state index in [1.807, 2.05) is 17.0 Å². The molecule has 29 heavy (non-hydrogen) atoms. The van der Waals surface area contributed by atoms with Gasteiger partial charge in [0.15, 0.2) is 0 Å². The van der Waals surface area contributed by atoms with Crippen molar-refractivity contribution in [3.63, 3.8) is 0 Å². The molecule has 0 spiro atoms. The van der Waals surface area contributed by atoms with Crippen molar-refractivity contribution in [3.8, 4) is 0 Å². The Balaban J connectivity index is 1.82. The van der Waals surface area contributed by atoms with Crippen LogP contribution < -0.4 is 14.7 Å². The van der Waals surface area contributed by atoms with Gasteiger partial charge in [-0.3, -0.25) is 4.72 Å². The monoisotopic (exact) mass is 417 g/mol. The van der Waals surface area contributed by atoms with Crippen LogP contribution in [0.3, 0.4) is 0 Å². The minimum absolute atomic E-state index is 0.122. The van der Waals surface area contributed by atoms with Gasteiger partial charge in [0.25, 0.3) is 10.0 Å². The van der Waals surface area contributed by atoms with Gasteiger partial charge in [-0.25, -0.2) is 8.42 Å². The van der Waals surface area contributed by atoms with Crippen molar-refractivity contribution in [2.24, 2.45) is 0 Å². The number of carboxylic acids is 1. The zero-order valence-corrected chi connectivity index (χ0v) is 17.2. The summed E-state index contributed by atoms with van der Waals surface area (Å²) in [7, 11) is -3.93. The van der Waals surface area contributed by atoms with Crippen molar-refractivity contribution in [1.82, 2.24) is 0 Å². The average Bonchev–Trinajstić information content (AvgIpc) is 2.73. The quantitative estimate of drug-likeness (QED) is 0.706. The van der Waals surface area contributed by atoms with Gasteiger partial charge >= 0.3 is 0 Å². The van der Waals surface area contributed by atoms with Crippen molar-refractivity contribution >= 4 is 27.4 Å². The van der Waals surface area contributed by atoms with Crippen molar-refractivity contribution in [2.75, 3.05) is 35.9 Å². The first-order valence-electron chi connectivity index (χ1n) is 9.70. The molecule has 1 N–H and O–H groups in total. The molecule has 3 rings (SSSR count). The number of carbonyl (C=O) groups is 1. The maximum absolute atomic E-state index is 12.8. The Bertz CT molecular complexity index is 952. The number of benzene rings is 2. The number of rotatable bonds is 8. The van der Waals surface area contributed by atoms with Gasteiger partial charge in [0, 0.05) is 30.0 Å². The zero-order chi connectivity index (χ0) is 20.9. The third-order valence-corrected chi connectivity index (χ3v) is 6.25. The molecule has 1 fully saturated rings. The highest BCUT2D eigenvalue weighted by atomic mass is 32.2. The second-order valence-electron chi connectivity index (χ2n) is 6.97. The molecule has 2 aromatic rings. The normalized spacial score (nSPS) is 14.6. The Hall–Kier alpha value is -2.58. The van der Waals surface area contributed by atoms with Crippen LogP contribution in [-0.4, -0.2) is 40.7 Å². The standard InChI is InChI=1S/C21H26N2O5S/c1-2-3-4-16-5-7-17(8-6-16)22-29(26,27)18-9-10-20(19(15-18)21(24)25)23-11-13-28-14-12-23/h5-10,15,22H,2-4,11-14H2,1H3,(H,24,25)/p-1. The van der Waals surface area contributed by atoms with Gasteiger partial charge in [0.05, 0.1) is 24.1 Å². The maximum Gasteiger partial charge on any atom is 0.261 e. The van der Waals surface area contributed by atoms with E-state index in [2.05, 4.69) is 11.6 Å². The number of sulfonamides is 1. The molecule has 0 aromatic heterocycles. The van der Waals surface area contributed by atoms with Gasteiger partial charge < -0.3 is 19.5 Å². The van der Waals surface area contributed by atoms with Crippen LogP contribution in [0.5, 0.6) is 0 Å². The van der Waals surface area contributed by atoms with E-state index in [0.717, 1.165) is 30.9 Å². The van der Waals surface area contributed by atoms with Crippen LogP contribution in [0, 0.1) is 0 Å². The molecule has 1 saturated heterocycles.